The number of benzene rings is 2. The van der Waals surface area contributed by atoms with Gasteiger partial charge in [0.25, 0.3) is 5.91 Å². The van der Waals surface area contributed by atoms with Crippen molar-refractivity contribution < 1.29 is 9.53 Å². The Balaban J connectivity index is 1.67. The molecule has 2 aromatic carbocycles. The molecule has 0 bridgehead atoms. The normalized spacial score (nSPS) is 11.1. The first-order valence-corrected chi connectivity index (χ1v) is 10.1. The number of carbonyl (C=O) groups is 1. The fourth-order valence-corrected chi connectivity index (χ4v) is 3.02. The predicted molar refractivity (Wildman–Crippen MR) is 119 cm³/mol. The van der Waals surface area contributed by atoms with Crippen LogP contribution in [0, 0.1) is 6.92 Å². The van der Waals surface area contributed by atoms with E-state index in [1.165, 1.54) is 0 Å². The van der Waals surface area contributed by atoms with Gasteiger partial charge in [-0.2, -0.15) is 0 Å². The second kappa shape index (κ2) is 12.0. The van der Waals surface area contributed by atoms with Gasteiger partial charge in [-0.1, -0.05) is 23.7 Å². The highest BCUT2D eigenvalue weighted by Gasteiger charge is 2.04. The van der Waals surface area contributed by atoms with Crippen molar-refractivity contribution in [1.29, 1.82) is 0 Å². The van der Waals surface area contributed by atoms with Crippen LogP contribution in [-0.4, -0.2) is 45.7 Å². The summed E-state index contributed by atoms with van der Waals surface area (Å²) in [6.45, 7) is 4.06. The molecule has 7 heteroatoms. The van der Waals surface area contributed by atoms with Gasteiger partial charge in [-0.05, 0) is 61.2 Å². The summed E-state index contributed by atoms with van der Waals surface area (Å²) in [6, 6.07) is 13.3. The molecule has 2 aromatic rings. The Labute approximate surface area is 177 Å². The zero-order valence-electron chi connectivity index (χ0n) is 17.2. The quantitative estimate of drug-likeness (QED) is 0.333. The van der Waals surface area contributed by atoms with Crippen molar-refractivity contribution in [3.8, 4) is 5.75 Å². The molecular formula is C22H29ClN4O2. The van der Waals surface area contributed by atoms with E-state index in [0.29, 0.717) is 17.2 Å². The van der Waals surface area contributed by atoms with Crippen molar-refractivity contribution in [1.82, 2.24) is 16.0 Å². The average molecular weight is 417 g/mol. The third kappa shape index (κ3) is 7.66. The molecule has 0 aliphatic rings. The highest BCUT2D eigenvalue weighted by atomic mass is 35.5. The number of guanidine groups is 1. The lowest BCUT2D eigenvalue weighted by Crippen LogP contribution is -2.39. The van der Waals surface area contributed by atoms with E-state index in [1.807, 2.05) is 49.4 Å². The maximum atomic E-state index is 11.7. The molecule has 3 N–H and O–H groups in total. The number of nitrogens with zero attached hydrogens (tertiary/aromatic N) is 1. The van der Waals surface area contributed by atoms with Crippen LogP contribution in [0.1, 0.15) is 27.9 Å². The number of hydrogen-bond donors (Lipinski definition) is 3. The van der Waals surface area contributed by atoms with Crippen LogP contribution in [0.15, 0.2) is 47.5 Å². The van der Waals surface area contributed by atoms with E-state index in [1.54, 1.807) is 14.1 Å². The molecule has 29 heavy (non-hydrogen) atoms. The molecule has 0 aliphatic carbocycles. The summed E-state index contributed by atoms with van der Waals surface area (Å²) in [5.41, 5.74) is 2.80. The molecule has 1 amide bonds. The van der Waals surface area contributed by atoms with Crippen LogP contribution < -0.4 is 20.7 Å². The third-order valence-corrected chi connectivity index (χ3v) is 4.59. The second-order valence-electron chi connectivity index (χ2n) is 6.57. The van der Waals surface area contributed by atoms with Gasteiger partial charge in [-0.15, -0.1) is 0 Å². The Hall–Kier alpha value is -2.73. The monoisotopic (exact) mass is 416 g/mol. The second-order valence-corrected chi connectivity index (χ2v) is 7.00. The number of aryl methyl sites for hydroxylation is 1. The van der Waals surface area contributed by atoms with Crippen molar-refractivity contribution in [3.63, 3.8) is 0 Å². The zero-order valence-corrected chi connectivity index (χ0v) is 18.0. The number of halogens is 1. The summed E-state index contributed by atoms with van der Waals surface area (Å²) in [4.78, 5) is 16.0. The largest absolute Gasteiger partial charge is 0.493 e. The van der Waals surface area contributed by atoms with Gasteiger partial charge < -0.3 is 20.7 Å². The molecule has 0 saturated heterocycles. The van der Waals surface area contributed by atoms with Crippen LogP contribution in [0.25, 0.3) is 0 Å². The van der Waals surface area contributed by atoms with Crippen molar-refractivity contribution in [2.45, 2.75) is 19.8 Å². The van der Waals surface area contributed by atoms with E-state index in [0.717, 1.165) is 48.8 Å². The maximum absolute atomic E-state index is 11.7. The average Bonchev–Trinajstić information content (AvgIpc) is 2.73. The number of rotatable bonds is 9. The van der Waals surface area contributed by atoms with Crippen LogP contribution in [0.2, 0.25) is 5.02 Å². The van der Waals surface area contributed by atoms with E-state index in [4.69, 9.17) is 16.3 Å². The molecule has 6 nitrogen and oxygen atoms in total. The van der Waals surface area contributed by atoms with Crippen molar-refractivity contribution in [2.24, 2.45) is 4.99 Å². The van der Waals surface area contributed by atoms with Crippen LogP contribution in [-0.2, 0) is 6.42 Å². The number of aliphatic imine (C=N–C) groups is 1. The molecule has 0 fully saturated rings. The number of carbonyl (C=O) groups excluding carboxylic acids is 1. The molecule has 0 heterocycles. The Bertz CT molecular complexity index is 839. The summed E-state index contributed by atoms with van der Waals surface area (Å²) in [5.74, 6) is 1.53. The smallest absolute Gasteiger partial charge is 0.251 e. The van der Waals surface area contributed by atoms with Crippen LogP contribution in [0.4, 0.5) is 0 Å². The van der Waals surface area contributed by atoms with E-state index >= 15 is 0 Å². The Morgan fingerprint density at radius 2 is 1.93 bits per heavy atom. The highest BCUT2D eigenvalue weighted by molar-refractivity contribution is 6.30. The lowest BCUT2D eigenvalue weighted by molar-refractivity contribution is 0.0963. The zero-order chi connectivity index (χ0) is 21.1. The van der Waals surface area contributed by atoms with Gasteiger partial charge in [0.15, 0.2) is 5.96 Å². The van der Waals surface area contributed by atoms with E-state index < -0.39 is 0 Å². The summed E-state index contributed by atoms with van der Waals surface area (Å²) in [5, 5.41) is 9.92. The van der Waals surface area contributed by atoms with Gasteiger partial charge in [0, 0.05) is 37.8 Å². The summed E-state index contributed by atoms with van der Waals surface area (Å²) in [6.07, 6.45) is 1.64. The minimum Gasteiger partial charge on any atom is -0.493 e. The fraction of sp³-hybridized carbons (Fsp3) is 0.364. The summed E-state index contributed by atoms with van der Waals surface area (Å²) < 4.78 is 5.79. The summed E-state index contributed by atoms with van der Waals surface area (Å²) in [7, 11) is 3.38. The van der Waals surface area contributed by atoms with Gasteiger partial charge in [0.2, 0.25) is 0 Å². The van der Waals surface area contributed by atoms with Crippen LogP contribution in [0.5, 0.6) is 5.75 Å². The first-order chi connectivity index (χ1) is 14.0. The molecule has 0 spiro atoms. The lowest BCUT2D eigenvalue weighted by atomic mass is 10.1. The molecular weight excluding hydrogens is 388 g/mol. The Kier molecular flexibility index (Phi) is 9.31. The van der Waals surface area contributed by atoms with Gasteiger partial charge >= 0.3 is 0 Å². The molecule has 0 aromatic heterocycles. The van der Waals surface area contributed by atoms with E-state index in [-0.39, 0.29) is 5.91 Å². The van der Waals surface area contributed by atoms with Crippen molar-refractivity contribution in [3.05, 3.63) is 64.2 Å². The van der Waals surface area contributed by atoms with Gasteiger partial charge in [0.1, 0.15) is 5.75 Å². The van der Waals surface area contributed by atoms with Crippen LogP contribution in [0.3, 0.4) is 0 Å². The van der Waals surface area contributed by atoms with Gasteiger partial charge in [0.05, 0.1) is 6.61 Å². The van der Waals surface area contributed by atoms with E-state index in [9.17, 15) is 4.79 Å². The standard InChI is InChI=1S/C22H29ClN4O2/c1-16-14-19(23)8-9-20(16)29-13-5-11-26-22(25-3)27-12-10-17-6-4-7-18(15-17)21(28)24-2/h4,6-9,14-15H,5,10-13H2,1-3H3,(H,24,28)(H2,25,26,27). The first kappa shape index (κ1) is 22.6. The number of nitrogens with one attached hydrogen (secondary N) is 3. The molecule has 0 radical (unpaired) electrons. The number of ether oxygens (including phenoxy) is 1. The number of amides is 1. The lowest BCUT2D eigenvalue weighted by Gasteiger charge is -2.13. The van der Waals surface area contributed by atoms with E-state index in [2.05, 4.69) is 20.9 Å². The Morgan fingerprint density at radius 1 is 1.14 bits per heavy atom. The first-order valence-electron chi connectivity index (χ1n) is 9.68. The molecule has 2 rings (SSSR count). The third-order valence-electron chi connectivity index (χ3n) is 4.35. The Morgan fingerprint density at radius 3 is 2.66 bits per heavy atom. The minimum atomic E-state index is -0.0756. The molecule has 156 valence electrons. The van der Waals surface area contributed by atoms with Crippen molar-refractivity contribution in [2.75, 3.05) is 33.8 Å². The maximum Gasteiger partial charge on any atom is 0.251 e. The SMILES string of the molecule is CN=C(NCCCOc1ccc(Cl)cc1C)NCCc1cccc(C(=O)NC)c1. The summed E-state index contributed by atoms with van der Waals surface area (Å²) >= 11 is 5.96. The predicted octanol–water partition coefficient (Wildman–Crippen LogP) is 3.18. The van der Waals surface area contributed by atoms with Gasteiger partial charge in [-0.25, -0.2) is 0 Å². The van der Waals surface area contributed by atoms with Crippen LogP contribution >= 0.6 is 11.6 Å². The topological polar surface area (TPSA) is 74.8 Å². The van der Waals surface area contributed by atoms with Crippen molar-refractivity contribution >= 4 is 23.5 Å². The molecule has 0 atom stereocenters. The minimum absolute atomic E-state index is 0.0756. The molecule has 0 saturated carbocycles. The number of hydrogen-bond acceptors (Lipinski definition) is 3. The van der Waals surface area contributed by atoms with Gasteiger partial charge in [-0.3, -0.25) is 9.79 Å². The highest BCUT2D eigenvalue weighted by Crippen LogP contribution is 2.21. The molecule has 0 unspecified atom stereocenters. The fourth-order valence-electron chi connectivity index (χ4n) is 2.79. The molecule has 0 aliphatic heterocycles.